The number of oxime groups is 1. The van der Waals surface area contributed by atoms with Crippen molar-refractivity contribution in [2.45, 2.75) is 0 Å². The minimum absolute atomic E-state index is 0.0562. The average molecular weight is 469 g/mol. The molecule has 0 radical (unpaired) electrons. The highest BCUT2D eigenvalue weighted by Crippen LogP contribution is 2.43. The molecule has 2 aromatic heterocycles. The summed E-state index contributed by atoms with van der Waals surface area (Å²) in [4.78, 5) is 4.41. The van der Waals surface area contributed by atoms with Crippen molar-refractivity contribution in [1.82, 2.24) is 15.2 Å². The first-order valence-electron chi connectivity index (χ1n) is 9.32. The van der Waals surface area contributed by atoms with Crippen LogP contribution in [0.15, 0.2) is 65.9 Å². The fraction of sp³-hybridized carbons (Fsp3) is 0.0435. The lowest BCUT2D eigenvalue weighted by Gasteiger charge is -2.16. The smallest absolute Gasteiger partial charge is 0.161 e. The summed E-state index contributed by atoms with van der Waals surface area (Å²) in [6, 6.07) is 14.9. The molecule has 0 aliphatic heterocycles. The number of rotatable bonds is 5. The first kappa shape index (κ1) is 21.7. The van der Waals surface area contributed by atoms with Crippen LogP contribution < -0.4 is 4.74 Å². The van der Waals surface area contributed by atoms with Gasteiger partial charge in [0.05, 0.1) is 35.8 Å². The fourth-order valence-corrected chi connectivity index (χ4v) is 3.75. The lowest BCUT2D eigenvalue weighted by molar-refractivity contribution is 0.322. The van der Waals surface area contributed by atoms with Crippen LogP contribution in [-0.4, -0.2) is 33.7 Å². The molecule has 4 rings (SSSR count). The highest BCUT2D eigenvalue weighted by Gasteiger charge is 2.24. The number of aromatic nitrogens is 3. The van der Waals surface area contributed by atoms with Gasteiger partial charge in [0.25, 0.3) is 0 Å². The van der Waals surface area contributed by atoms with E-state index < -0.39 is 5.82 Å². The zero-order valence-electron chi connectivity index (χ0n) is 16.6. The van der Waals surface area contributed by atoms with Crippen LogP contribution in [0.4, 0.5) is 4.39 Å². The predicted octanol–water partition coefficient (Wildman–Crippen LogP) is 6.14. The third-order valence-corrected chi connectivity index (χ3v) is 5.31. The number of pyridine rings is 1. The van der Waals surface area contributed by atoms with Gasteiger partial charge in [-0.25, -0.2) is 4.39 Å². The Morgan fingerprint density at radius 1 is 1.00 bits per heavy atom. The Balaban J connectivity index is 2.05. The van der Waals surface area contributed by atoms with Crippen LogP contribution >= 0.6 is 23.2 Å². The molecule has 2 heterocycles. The summed E-state index contributed by atoms with van der Waals surface area (Å²) in [5, 5.41) is 20.4. The van der Waals surface area contributed by atoms with Gasteiger partial charge in [-0.15, -0.1) is 10.2 Å². The molecule has 4 aromatic rings. The Morgan fingerprint density at radius 2 is 1.75 bits per heavy atom. The van der Waals surface area contributed by atoms with Crippen LogP contribution in [0.1, 0.15) is 5.56 Å². The highest BCUT2D eigenvalue weighted by atomic mass is 35.5. The molecule has 0 aliphatic carbocycles. The number of hydrogen-bond acceptors (Lipinski definition) is 6. The molecule has 0 unspecified atom stereocenters. The maximum absolute atomic E-state index is 14.7. The molecule has 2 aromatic carbocycles. The Labute approximate surface area is 192 Å². The minimum atomic E-state index is -0.464. The van der Waals surface area contributed by atoms with Crippen LogP contribution in [0, 0.1) is 5.82 Å². The lowest BCUT2D eigenvalue weighted by Crippen LogP contribution is -2.01. The molecule has 0 fully saturated rings. The summed E-state index contributed by atoms with van der Waals surface area (Å²) in [5.41, 5.74) is 3.11. The van der Waals surface area contributed by atoms with Gasteiger partial charge in [0.15, 0.2) is 5.15 Å². The van der Waals surface area contributed by atoms with Crippen molar-refractivity contribution in [1.29, 1.82) is 0 Å². The summed E-state index contributed by atoms with van der Waals surface area (Å²) < 4.78 is 19.9. The van der Waals surface area contributed by atoms with Gasteiger partial charge >= 0.3 is 0 Å². The van der Waals surface area contributed by atoms with Crippen LogP contribution in [0.3, 0.4) is 0 Å². The van der Waals surface area contributed by atoms with Gasteiger partial charge in [-0.05, 0) is 23.3 Å². The second-order valence-corrected chi connectivity index (χ2v) is 7.41. The molecule has 0 aliphatic rings. The second kappa shape index (κ2) is 9.30. The van der Waals surface area contributed by atoms with E-state index >= 15 is 0 Å². The Bertz CT molecular complexity index is 1310. The molecule has 0 amide bonds. The van der Waals surface area contributed by atoms with Crippen LogP contribution in [0.25, 0.3) is 33.6 Å². The maximum atomic E-state index is 14.7. The first-order valence-corrected chi connectivity index (χ1v) is 10.1. The summed E-state index contributed by atoms with van der Waals surface area (Å²) in [7, 11) is 1.51. The van der Waals surface area contributed by atoms with Crippen molar-refractivity contribution in [3.8, 4) is 39.4 Å². The zero-order chi connectivity index (χ0) is 22.7. The van der Waals surface area contributed by atoms with E-state index in [1.165, 1.54) is 25.6 Å². The molecule has 1 N–H and O–H groups in total. The van der Waals surface area contributed by atoms with Crippen molar-refractivity contribution in [2.24, 2.45) is 5.16 Å². The van der Waals surface area contributed by atoms with Gasteiger partial charge in [0, 0.05) is 17.2 Å². The van der Waals surface area contributed by atoms with E-state index in [2.05, 4.69) is 20.3 Å². The molecule has 160 valence electrons. The van der Waals surface area contributed by atoms with Gasteiger partial charge in [-0.1, -0.05) is 64.8 Å². The number of methoxy groups -OCH3 is 1. The number of benzene rings is 2. The van der Waals surface area contributed by atoms with Gasteiger partial charge < -0.3 is 9.94 Å². The lowest BCUT2D eigenvalue weighted by atomic mass is 9.93. The molecule has 0 atom stereocenters. The molecule has 0 saturated heterocycles. The molecule has 9 heteroatoms. The molecular weight excluding hydrogens is 454 g/mol. The fourth-order valence-electron chi connectivity index (χ4n) is 3.27. The van der Waals surface area contributed by atoms with Crippen molar-refractivity contribution in [2.75, 3.05) is 7.11 Å². The number of ether oxygens (including phenoxy) is 1. The summed E-state index contributed by atoms with van der Waals surface area (Å²) >= 11 is 13.0. The largest absolute Gasteiger partial charge is 0.495 e. The topological polar surface area (TPSA) is 80.5 Å². The minimum Gasteiger partial charge on any atom is -0.495 e. The van der Waals surface area contributed by atoms with E-state index in [0.717, 1.165) is 0 Å². The van der Waals surface area contributed by atoms with Crippen molar-refractivity contribution < 1.29 is 14.3 Å². The van der Waals surface area contributed by atoms with Crippen molar-refractivity contribution in [3.05, 3.63) is 82.4 Å². The molecule has 32 heavy (non-hydrogen) atoms. The predicted molar refractivity (Wildman–Crippen MR) is 122 cm³/mol. The average Bonchev–Trinajstić information content (AvgIpc) is 2.80. The number of nitrogens with zero attached hydrogens (tertiary/aromatic N) is 4. The van der Waals surface area contributed by atoms with Crippen molar-refractivity contribution >= 4 is 29.4 Å². The van der Waals surface area contributed by atoms with E-state index in [9.17, 15) is 4.39 Å². The molecule has 0 saturated carbocycles. The third-order valence-electron chi connectivity index (χ3n) is 4.75. The molecular formula is C23H15Cl2FN4O2. The zero-order valence-corrected chi connectivity index (χ0v) is 18.1. The summed E-state index contributed by atoms with van der Waals surface area (Å²) in [5.74, 6) is 0.00884. The first-order chi connectivity index (χ1) is 15.5. The standard InChI is InChI=1S/C23H15Cl2FN4O2/c1-32-15-10-17(24)22(27-12-15)20-19(14-8-6-13(7-9-14)11-28-31)21(29-30-23(20)25)16-4-2-3-5-18(16)26/h2-12,31H,1H3. The second-order valence-electron chi connectivity index (χ2n) is 6.64. The monoisotopic (exact) mass is 468 g/mol. The normalized spacial score (nSPS) is 11.1. The SMILES string of the molecule is COc1cnc(-c2c(Cl)nnc(-c3ccccc3F)c2-c2ccc(C=NO)cc2)c(Cl)c1. The van der Waals surface area contributed by atoms with Gasteiger partial charge in [0.1, 0.15) is 17.3 Å². The maximum Gasteiger partial charge on any atom is 0.161 e. The van der Waals surface area contributed by atoms with E-state index in [4.69, 9.17) is 33.1 Å². The molecule has 6 nitrogen and oxygen atoms in total. The summed E-state index contributed by atoms with van der Waals surface area (Å²) in [6.45, 7) is 0. The van der Waals surface area contributed by atoms with Crippen LogP contribution in [0.2, 0.25) is 10.2 Å². The highest BCUT2D eigenvalue weighted by molar-refractivity contribution is 6.36. The van der Waals surface area contributed by atoms with Crippen molar-refractivity contribution in [3.63, 3.8) is 0 Å². The summed E-state index contributed by atoms with van der Waals surface area (Å²) in [6.07, 6.45) is 2.80. The van der Waals surface area contributed by atoms with E-state index in [-0.39, 0.29) is 21.4 Å². The van der Waals surface area contributed by atoms with E-state index in [0.29, 0.717) is 33.7 Å². The van der Waals surface area contributed by atoms with Gasteiger partial charge in [0.2, 0.25) is 0 Å². The van der Waals surface area contributed by atoms with Crippen LogP contribution in [-0.2, 0) is 0 Å². The van der Waals surface area contributed by atoms with Gasteiger partial charge in [-0.3, -0.25) is 4.98 Å². The third kappa shape index (κ3) is 4.12. The number of halogens is 3. The Kier molecular flexibility index (Phi) is 6.30. The Hall–Kier alpha value is -3.55. The molecule has 0 spiro atoms. The van der Waals surface area contributed by atoms with E-state index in [1.54, 1.807) is 48.5 Å². The van der Waals surface area contributed by atoms with Crippen LogP contribution in [0.5, 0.6) is 5.75 Å². The quantitative estimate of drug-likeness (QED) is 0.216. The molecule has 0 bridgehead atoms. The van der Waals surface area contributed by atoms with E-state index in [1.807, 2.05) is 0 Å². The Morgan fingerprint density at radius 3 is 2.41 bits per heavy atom. The van der Waals surface area contributed by atoms with Gasteiger partial charge in [-0.2, -0.15) is 0 Å². The number of hydrogen-bond donors (Lipinski definition) is 1.